The van der Waals surface area contributed by atoms with Crippen molar-refractivity contribution in [2.24, 2.45) is 0 Å². The summed E-state index contributed by atoms with van der Waals surface area (Å²) in [6.07, 6.45) is 2.04. The van der Waals surface area contributed by atoms with Gasteiger partial charge in [0.1, 0.15) is 17.7 Å². The molecule has 2 N–H and O–H groups in total. The van der Waals surface area contributed by atoms with E-state index >= 15 is 0 Å². The number of nitrogens with one attached hydrogen (secondary N) is 1. The highest BCUT2D eigenvalue weighted by atomic mass is 16.3. The van der Waals surface area contributed by atoms with Gasteiger partial charge in [-0.3, -0.25) is 4.79 Å². The van der Waals surface area contributed by atoms with Crippen molar-refractivity contribution in [2.75, 3.05) is 27.2 Å². The standard InChI is InChI=1S/C25H32N4O2/c1-5-27(3)24-22(25(31)28(4)15-10-16-30)29(18-20-12-7-6-8-13-20)23(26-24)21-14-9-11-19(2)17-21/h5-9,11-14,17,23,26,30H,1,10,15-16,18H2,2-4H3. The molecule has 0 saturated carbocycles. The van der Waals surface area contributed by atoms with E-state index in [-0.39, 0.29) is 18.7 Å². The van der Waals surface area contributed by atoms with Gasteiger partial charge in [-0.15, -0.1) is 0 Å². The number of hydrogen-bond donors (Lipinski definition) is 2. The molecule has 6 nitrogen and oxygen atoms in total. The molecule has 3 rings (SSSR count). The molecule has 6 heteroatoms. The van der Waals surface area contributed by atoms with Crippen LogP contribution in [0.3, 0.4) is 0 Å². The monoisotopic (exact) mass is 420 g/mol. The van der Waals surface area contributed by atoms with Gasteiger partial charge in [0.2, 0.25) is 0 Å². The van der Waals surface area contributed by atoms with Crippen LogP contribution in [0.5, 0.6) is 0 Å². The molecule has 1 amide bonds. The van der Waals surface area contributed by atoms with E-state index in [1.54, 1.807) is 18.1 Å². The van der Waals surface area contributed by atoms with E-state index in [0.717, 1.165) is 22.5 Å². The number of rotatable bonds is 9. The highest BCUT2D eigenvalue weighted by Gasteiger charge is 2.38. The van der Waals surface area contributed by atoms with Crippen LogP contribution in [0.15, 0.2) is 78.9 Å². The number of aryl methyl sites for hydroxylation is 1. The summed E-state index contributed by atoms with van der Waals surface area (Å²) in [7, 11) is 3.66. The summed E-state index contributed by atoms with van der Waals surface area (Å²) in [5.74, 6) is 0.633. The largest absolute Gasteiger partial charge is 0.396 e. The van der Waals surface area contributed by atoms with Crippen LogP contribution in [-0.4, -0.2) is 53.0 Å². The van der Waals surface area contributed by atoms with Crippen molar-refractivity contribution in [3.05, 3.63) is 95.6 Å². The molecule has 31 heavy (non-hydrogen) atoms. The van der Waals surface area contributed by atoms with E-state index in [1.807, 2.05) is 36.2 Å². The van der Waals surface area contributed by atoms with Gasteiger partial charge in [-0.2, -0.15) is 0 Å². The number of amides is 1. The van der Waals surface area contributed by atoms with Gasteiger partial charge >= 0.3 is 0 Å². The molecule has 0 spiro atoms. The average molecular weight is 421 g/mol. The van der Waals surface area contributed by atoms with Crippen molar-refractivity contribution in [1.29, 1.82) is 0 Å². The summed E-state index contributed by atoms with van der Waals surface area (Å²) in [5, 5.41) is 12.8. The van der Waals surface area contributed by atoms with Crippen LogP contribution in [0.1, 0.15) is 29.3 Å². The number of carbonyl (C=O) groups excluding carboxylic acids is 1. The van der Waals surface area contributed by atoms with Crippen LogP contribution in [0.4, 0.5) is 0 Å². The first-order valence-corrected chi connectivity index (χ1v) is 10.6. The van der Waals surface area contributed by atoms with Crippen LogP contribution in [-0.2, 0) is 11.3 Å². The SMILES string of the molecule is C=CN(C)C1=C(C(=O)N(C)CCCO)N(Cc2ccccc2)C(c2cccc(C)c2)N1. The Hall–Kier alpha value is -3.25. The molecule has 2 aromatic rings. The van der Waals surface area contributed by atoms with Gasteiger partial charge in [-0.25, -0.2) is 0 Å². The van der Waals surface area contributed by atoms with E-state index in [4.69, 9.17) is 0 Å². The van der Waals surface area contributed by atoms with Gasteiger partial charge < -0.3 is 25.1 Å². The van der Waals surface area contributed by atoms with E-state index in [1.165, 1.54) is 0 Å². The third-order valence-electron chi connectivity index (χ3n) is 5.48. The van der Waals surface area contributed by atoms with Crippen molar-refractivity contribution in [1.82, 2.24) is 20.0 Å². The molecular weight excluding hydrogens is 388 g/mol. The molecule has 2 aromatic carbocycles. The predicted octanol–water partition coefficient (Wildman–Crippen LogP) is 3.18. The molecule has 1 unspecified atom stereocenters. The lowest BCUT2D eigenvalue weighted by atomic mass is 10.1. The van der Waals surface area contributed by atoms with E-state index in [2.05, 4.69) is 54.1 Å². The van der Waals surface area contributed by atoms with Crippen molar-refractivity contribution in [3.63, 3.8) is 0 Å². The fourth-order valence-corrected chi connectivity index (χ4v) is 3.77. The molecule has 0 bridgehead atoms. The number of hydrogen-bond acceptors (Lipinski definition) is 5. The molecule has 1 atom stereocenters. The summed E-state index contributed by atoms with van der Waals surface area (Å²) >= 11 is 0. The quantitative estimate of drug-likeness (QED) is 0.653. The Morgan fingerprint density at radius 1 is 1.19 bits per heavy atom. The molecule has 0 fully saturated rings. The Morgan fingerprint density at radius 2 is 1.94 bits per heavy atom. The number of carbonyl (C=O) groups is 1. The van der Waals surface area contributed by atoms with Crippen LogP contribution in [0.2, 0.25) is 0 Å². The first kappa shape index (κ1) is 22.4. The van der Waals surface area contributed by atoms with Crippen molar-refractivity contribution >= 4 is 5.91 Å². The van der Waals surface area contributed by atoms with E-state index < -0.39 is 0 Å². The lowest BCUT2D eigenvalue weighted by Gasteiger charge is -2.30. The fourth-order valence-electron chi connectivity index (χ4n) is 3.77. The minimum absolute atomic E-state index is 0.0496. The molecule has 1 heterocycles. The van der Waals surface area contributed by atoms with Gasteiger partial charge in [-0.05, 0) is 30.7 Å². The minimum Gasteiger partial charge on any atom is -0.396 e. The molecular formula is C25H32N4O2. The minimum atomic E-state index is -0.192. The van der Waals surface area contributed by atoms with E-state index in [9.17, 15) is 9.90 Å². The molecule has 0 aliphatic carbocycles. The number of likely N-dealkylation sites (N-methyl/N-ethyl adjacent to an activating group) is 1. The molecule has 1 aliphatic heterocycles. The van der Waals surface area contributed by atoms with E-state index in [0.29, 0.717) is 25.2 Å². The Morgan fingerprint density at radius 3 is 2.58 bits per heavy atom. The molecule has 164 valence electrons. The zero-order valence-electron chi connectivity index (χ0n) is 18.6. The summed E-state index contributed by atoms with van der Waals surface area (Å²) in [5.41, 5.74) is 3.97. The highest BCUT2D eigenvalue weighted by Crippen LogP contribution is 2.35. The third-order valence-corrected chi connectivity index (χ3v) is 5.48. The number of benzene rings is 2. The number of aliphatic hydroxyl groups is 1. The zero-order valence-corrected chi connectivity index (χ0v) is 18.6. The first-order chi connectivity index (χ1) is 15.0. The maximum atomic E-state index is 13.6. The lowest BCUT2D eigenvalue weighted by molar-refractivity contribution is -0.128. The average Bonchev–Trinajstić information content (AvgIpc) is 3.16. The summed E-state index contributed by atoms with van der Waals surface area (Å²) in [6, 6.07) is 18.5. The van der Waals surface area contributed by atoms with Crippen molar-refractivity contribution in [2.45, 2.75) is 26.1 Å². The van der Waals surface area contributed by atoms with Crippen molar-refractivity contribution < 1.29 is 9.90 Å². The molecule has 0 saturated heterocycles. The zero-order chi connectivity index (χ0) is 22.4. The molecule has 0 radical (unpaired) electrons. The molecule has 0 aromatic heterocycles. The van der Waals surface area contributed by atoms with Crippen molar-refractivity contribution in [3.8, 4) is 0 Å². The second kappa shape index (κ2) is 10.2. The van der Waals surface area contributed by atoms with Crippen LogP contribution < -0.4 is 5.32 Å². The topological polar surface area (TPSA) is 59.1 Å². The summed E-state index contributed by atoms with van der Waals surface area (Å²) < 4.78 is 0. The van der Waals surface area contributed by atoms with Crippen LogP contribution >= 0.6 is 0 Å². The molecule has 1 aliphatic rings. The van der Waals surface area contributed by atoms with Crippen LogP contribution in [0.25, 0.3) is 0 Å². The fraction of sp³-hybridized carbons (Fsp3) is 0.320. The van der Waals surface area contributed by atoms with Crippen LogP contribution in [0, 0.1) is 6.92 Å². The Balaban J connectivity index is 2.06. The Kier molecular flexibility index (Phi) is 7.36. The second-order valence-electron chi connectivity index (χ2n) is 7.87. The number of nitrogens with zero attached hydrogens (tertiary/aromatic N) is 3. The predicted molar refractivity (Wildman–Crippen MR) is 123 cm³/mol. The summed E-state index contributed by atoms with van der Waals surface area (Å²) in [6.45, 7) is 7.07. The Bertz CT molecular complexity index is 942. The maximum Gasteiger partial charge on any atom is 0.273 e. The van der Waals surface area contributed by atoms with Gasteiger partial charge in [0, 0.05) is 33.8 Å². The number of aliphatic hydroxyl groups excluding tert-OH is 1. The van der Waals surface area contributed by atoms with Gasteiger partial charge in [0.25, 0.3) is 5.91 Å². The first-order valence-electron chi connectivity index (χ1n) is 10.6. The lowest BCUT2D eigenvalue weighted by Crippen LogP contribution is -2.37. The van der Waals surface area contributed by atoms with Gasteiger partial charge in [-0.1, -0.05) is 66.7 Å². The second-order valence-corrected chi connectivity index (χ2v) is 7.87. The van der Waals surface area contributed by atoms with Gasteiger partial charge in [0.05, 0.1) is 0 Å². The third kappa shape index (κ3) is 5.09. The maximum absolute atomic E-state index is 13.6. The highest BCUT2D eigenvalue weighted by molar-refractivity contribution is 5.94. The normalized spacial score (nSPS) is 15.6. The Labute approximate surface area is 185 Å². The summed E-state index contributed by atoms with van der Waals surface area (Å²) in [4.78, 5) is 19.2. The van der Waals surface area contributed by atoms with Gasteiger partial charge in [0.15, 0.2) is 0 Å². The smallest absolute Gasteiger partial charge is 0.273 e.